The van der Waals surface area contributed by atoms with Gasteiger partial charge in [-0.2, -0.15) is 11.3 Å². The maximum absolute atomic E-state index is 11.8. The number of aliphatic hydroxyl groups is 1. The molecule has 0 fully saturated rings. The average Bonchev–Trinajstić information content (AvgIpc) is 3.25. The monoisotopic (exact) mass is 344 g/mol. The Labute approximate surface area is 142 Å². The van der Waals surface area contributed by atoms with E-state index < -0.39 is 6.10 Å². The van der Waals surface area contributed by atoms with Gasteiger partial charge < -0.3 is 15.7 Å². The van der Waals surface area contributed by atoms with Crippen LogP contribution in [0.25, 0.3) is 0 Å². The molecule has 6 heteroatoms. The van der Waals surface area contributed by atoms with Crippen LogP contribution in [0.1, 0.15) is 21.4 Å². The van der Waals surface area contributed by atoms with Crippen LogP contribution >= 0.6 is 22.7 Å². The van der Waals surface area contributed by atoms with Gasteiger partial charge in [-0.3, -0.25) is 0 Å². The molecule has 0 aliphatic rings. The lowest BCUT2D eigenvalue weighted by Gasteiger charge is -2.07. The van der Waals surface area contributed by atoms with Gasteiger partial charge in [0.15, 0.2) is 0 Å². The van der Waals surface area contributed by atoms with Crippen LogP contribution in [0.5, 0.6) is 0 Å². The summed E-state index contributed by atoms with van der Waals surface area (Å²) >= 11 is 3.06. The van der Waals surface area contributed by atoms with Crippen molar-refractivity contribution in [2.75, 3.05) is 5.32 Å². The summed E-state index contributed by atoms with van der Waals surface area (Å²) in [6.07, 6.45) is -0.599. The summed E-state index contributed by atoms with van der Waals surface area (Å²) in [4.78, 5) is 13.7. The number of hydrogen-bond donors (Lipinski definition) is 3. The highest BCUT2D eigenvalue weighted by atomic mass is 32.1. The predicted octanol–water partition coefficient (Wildman–Crippen LogP) is 4.21. The molecule has 0 saturated heterocycles. The first-order valence-electron chi connectivity index (χ1n) is 7.11. The molecule has 0 spiro atoms. The van der Waals surface area contributed by atoms with Crippen LogP contribution in [-0.4, -0.2) is 11.1 Å². The van der Waals surface area contributed by atoms with Crippen LogP contribution in [0.2, 0.25) is 0 Å². The quantitative estimate of drug-likeness (QED) is 0.649. The first-order chi connectivity index (χ1) is 11.2. The van der Waals surface area contributed by atoms with Crippen molar-refractivity contribution < 1.29 is 9.90 Å². The van der Waals surface area contributed by atoms with E-state index in [0.29, 0.717) is 6.54 Å². The lowest BCUT2D eigenvalue weighted by atomic mass is 10.2. The van der Waals surface area contributed by atoms with E-state index in [0.717, 1.165) is 21.0 Å². The second-order valence-electron chi connectivity index (χ2n) is 4.94. The molecular formula is C17H16N2O2S2. The molecule has 0 unspecified atom stereocenters. The van der Waals surface area contributed by atoms with Gasteiger partial charge in [0.1, 0.15) is 6.10 Å². The SMILES string of the molecule is O=C(NCc1ccc([C@@H](O)c2ccsc2)s1)Nc1ccccc1. The number of rotatable bonds is 5. The lowest BCUT2D eigenvalue weighted by Crippen LogP contribution is -2.27. The van der Waals surface area contributed by atoms with Gasteiger partial charge in [-0.1, -0.05) is 18.2 Å². The van der Waals surface area contributed by atoms with Gasteiger partial charge in [0.05, 0.1) is 6.54 Å². The van der Waals surface area contributed by atoms with Crippen molar-refractivity contribution in [2.45, 2.75) is 12.6 Å². The van der Waals surface area contributed by atoms with E-state index in [9.17, 15) is 9.90 Å². The molecule has 4 nitrogen and oxygen atoms in total. The van der Waals surface area contributed by atoms with Crippen molar-refractivity contribution in [1.29, 1.82) is 0 Å². The number of benzene rings is 1. The summed E-state index contributed by atoms with van der Waals surface area (Å²) in [5, 5.41) is 19.8. The van der Waals surface area contributed by atoms with E-state index in [1.807, 2.05) is 59.3 Å². The maximum Gasteiger partial charge on any atom is 0.319 e. The Morgan fingerprint density at radius 2 is 1.96 bits per heavy atom. The first kappa shape index (κ1) is 15.7. The van der Waals surface area contributed by atoms with Crippen molar-refractivity contribution >= 4 is 34.4 Å². The Morgan fingerprint density at radius 3 is 2.70 bits per heavy atom. The van der Waals surface area contributed by atoms with Crippen LogP contribution in [0.15, 0.2) is 59.3 Å². The van der Waals surface area contributed by atoms with E-state index >= 15 is 0 Å². The van der Waals surface area contributed by atoms with Gasteiger partial charge in [-0.05, 0) is 46.7 Å². The average molecular weight is 344 g/mol. The molecule has 1 aromatic carbocycles. The Kier molecular flexibility index (Phi) is 5.07. The predicted molar refractivity (Wildman–Crippen MR) is 95.0 cm³/mol. The molecule has 0 saturated carbocycles. The summed E-state index contributed by atoms with van der Waals surface area (Å²) in [5.41, 5.74) is 1.66. The maximum atomic E-state index is 11.8. The van der Waals surface area contributed by atoms with Gasteiger partial charge in [-0.25, -0.2) is 4.79 Å². The highest BCUT2D eigenvalue weighted by Gasteiger charge is 2.13. The molecule has 0 radical (unpaired) electrons. The fraction of sp³-hybridized carbons (Fsp3) is 0.118. The molecule has 3 aromatic rings. The van der Waals surface area contributed by atoms with Crippen molar-refractivity contribution in [3.8, 4) is 0 Å². The van der Waals surface area contributed by atoms with E-state index in [4.69, 9.17) is 0 Å². The number of urea groups is 1. The van der Waals surface area contributed by atoms with Gasteiger partial charge in [-0.15, -0.1) is 11.3 Å². The van der Waals surface area contributed by atoms with Crippen molar-refractivity contribution in [3.05, 3.63) is 74.6 Å². The Morgan fingerprint density at radius 1 is 1.13 bits per heavy atom. The first-order valence-corrected chi connectivity index (χ1v) is 8.87. The topological polar surface area (TPSA) is 61.4 Å². The van der Waals surface area contributed by atoms with Crippen LogP contribution in [0.4, 0.5) is 10.5 Å². The van der Waals surface area contributed by atoms with Crippen molar-refractivity contribution in [3.63, 3.8) is 0 Å². The second kappa shape index (κ2) is 7.41. The molecule has 2 aromatic heterocycles. The highest BCUT2D eigenvalue weighted by molar-refractivity contribution is 7.12. The number of nitrogens with one attached hydrogen (secondary N) is 2. The Hall–Kier alpha value is -2.15. The molecule has 2 amide bonds. The van der Waals surface area contributed by atoms with Crippen LogP contribution in [0.3, 0.4) is 0 Å². The van der Waals surface area contributed by atoms with E-state index in [-0.39, 0.29) is 6.03 Å². The third-order valence-corrected chi connectivity index (χ3v) is 5.10. The zero-order valence-corrected chi connectivity index (χ0v) is 13.9. The minimum absolute atomic E-state index is 0.246. The van der Waals surface area contributed by atoms with Gasteiger partial charge in [0.25, 0.3) is 0 Å². The third-order valence-electron chi connectivity index (χ3n) is 3.27. The molecule has 3 N–H and O–H groups in total. The number of para-hydroxylation sites is 1. The largest absolute Gasteiger partial charge is 0.383 e. The molecule has 0 aliphatic heterocycles. The van der Waals surface area contributed by atoms with Crippen LogP contribution < -0.4 is 10.6 Å². The van der Waals surface area contributed by atoms with E-state index in [1.165, 1.54) is 11.3 Å². The number of carbonyl (C=O) groups is 1. The number of amides is 2. The van der Waals surface area contributed by atoms with Crippen LogP contribution in [0, 0.1) is 0 Å². The van der Waals surface area contributed by atoms with Crippen molar-refractivity contribution in [2.24, 2.45) is 0 Å². The zero-order chi connectivity index (χ0) is 16.1. The molecule has 118 valence electrons. The Bertz CT molecular complexity index is 754. The number of carbonyl (C=O) groups excluding carboxylic acids is 1. The standard InChI is InChI=1S/C17H16N2O2S2/c20-16(12-8-9-22-11-12)15-7-6-14(23-15)10-18-17(21)19-13-4-2-1-3-5-13/h1-9,11,16,20H,10H2,(H2,18,19,21)/t16-/m0/s1. The molecule has 23 heavy (non-hydrogen) atoms. The Balaban J connectivity index is 1.54. The zero-order valence-electron chi connectivity index (χ0n) is 12.2. The van der Waals surface area contributed by atoms with E-state index in [1.54, 1.807) is 11.3 Å². The van der Waals surface area contributed by atoms with Gasteiger partial charge >= 0.3 is 6.03 Å². The van der Waals surface area contributed by atoms with Gasteiger partial charge in [0.2, 0.25) is 0 Å². The highest BCUT2D eigenvalue weighted by Crippen LogP contribution is 2.29. The molecule has 2 heterocycles. The van der Waals surface area contributed by atoms with Gasteiger partial charge in [0, 0.05) is 15.4 Å². The minimum Gasteiger partial charge on any atom is -0.383 e. The molecule has 0 bridgehead atoms. The summed E-state index contributed by atoms with van der Waals surface area (Å²) < 4.78 is 0. The van der Waals surface area contributed by atoms with E-state index in [2.05, 4.69) is 10.6 Å². The summed E-state index contributed by atoms with van der Waals surface area (Å²) in [6, 6.07) is 14.8. The lowest BCUT2D eigenvalue weighted by molar-refractivity contribution is 0.224. The fourth-order valence-electron chi connectivity index (χ4n) is 2.10. The molecule has 3 rings (SSSR count). The number of hydrogen-bond acceptors (Lipinski definition) is 4. The number of anilines is 1. The fourth-order valence-corrected chi connectivity index (χ4v) is 3.74. The second-order valence-corrected chi connectivity index (χ2v) is 6.92. The minimum atomic E-state index is -0.599. The molecular weight excluding hydrogens is 328 g/mol. The normalized spacial score (nSPS) is 11.9. The van der Waals surface area contributed by atoms with Crippen molar-refractivity contribution in [1.82, 2.24) is 5.32 Å². The third kappa shape index (κ3) is 4.19. The molecule has 0 aliphatic carbocycles. The number of aliphatic hydroxyl groups excluding tert-OH is 1. The van der Waals surface area contributed by atoms with Crippen LogP contribution in [-0.2, 0) is 6.54 Å². The number of thiophene rings is 2. The summed E-state index contributed by atoms with van der Waals surface area (Å²) in [6.45, 7) is 0.430. The molecule has 1 atom stereocenters. The summed E-state index contributed by atoms with van der Waals surface area (Å²) in [5.74, 6) is 0. The smallest absolute Gasteiger partial charge is 0.319 e. The summed E-state index contributed by atoms with van der Waals surface area (Å²) in [7, 11) is 0.